The first kappa shape index (κ1) is 12.3. The van der Waals surface area contributed by atoms with E-state index in [1.807, 2.05) is 24.3 Å². The Morgan fingerprint density at radius 1 is 1.41 bits per heavy atom. The predicted octanol–water partition coefficient (Wildman–Crippen LogP) is 1.87. The SMILES string of the molecule is COc1ccc(CN2CCOCC2CF)cc1. The van der Waals surface area contributed by atoms with E-state index in [1.165, 1.54) is 5.56 Å². The van der Waals surface area contributed by atoms with Crippen molar-refractivity contribution >= 4 is 0 Å². The molecule has 0 amide bonds. The van der Waals surface area contributed by atoms with Crippen molar-refractivity contribution in [1.82, 2.24) is 4.90 Å². The lowest BCUT2D eigenvalue weighted by atomic mass is 10.1. The van der Waals surface area contributed by atoms with Crippen LogP contribution in [0.4, 0.5) is 4.39 Å². The van der Waals surface area contributed by atoms with E-state index < -0.39 is 0 Å². The number of hydrogen-bond acceptors (Lipinski definition) is 3. The maximum absolute atomic E-state index is 12.8. The van der Waals surface area contributed by atoms with Gasteiger partial charge in [0.15, 0.2) is 0 Å². The third kappa shape index (κ3) is 3.17. The van der Waals surface area contributed by atoms with Crippen molar-refractivity contribution in [2.45, 2.75) is 12.6 Å². The smallest absolute Gasteiger partial charge is 0.118 e. The predicted molar refractivity (Wildman–Crippen MR) is 64.0 cm³/mol. The van der Waals surface area contributed by atoms with Crippen molar-refractivity contribution in [3.05, 3.63) is 29.8 Å². The van der Waals surface area contributed by atoms with E-state index in [1.54, 1.807) is 7.11 Å². The molecular weight excluding hydrogens is 221 g/mol. The van der Waals surface area contributed by atoms with Crippen molar-refractivity contribution in [1.29, 1.82) is 0 Å². The molecule has 1 unspecified atom stereocenters. The minimum atomic E-state index is -0.351. The maximum atomic E-state index is 12.8. The largest absolute Gasteiger partial charge is 0.497 e. The Morgan fingerprint density at radius 3 is 2.82 bits per heavy atom. The lowest BCUT2D eigenvalue weighted by molar-refractivity contribution is -0.0197. The lowest BCUT2D eigenvalue weighted by Crippen LogP contribution is -2.46. The normalized spacial score (nSPS) is 21.4. The van der Waals surface area contributed by atoms with Crippen molar-refractivity contribution in [2.75, 3.05) is 33.5 Å². The standard InChI is InChI=1S/C13H18FNO2/c1-16-13-4-2-11(3-5-13)9-15-6-7-17-10-12(15)8-14/h2-5,12H,6-10H2,1H3. The van der Waals surface area contributed by atoms with Crippen LogP contribution in [0.3, 0.4) is 0 Å². The molecule has 3 nitrogen and oxygen atoms in total. The summed E-state index contributed by atoms with van der Waals surface area (Å²) in [7, 11) is 1.65. The van der Waals surface area contributed by atoms with Gasteiger partial charge in [-0.1, -0.05) is 12.1 Å². The van der Waals surface area contributed by atoms with Gasteiger partial charge in [0.25, 0.3) is 0 Å². The molecule has 1 aromatic carbocycles. The highest BCUT2D eigenvalue weighted by atomic mass is 19.1. The van der Waals surface area contributed by atoms with Crippen LogP contribution in [-0.4, -0.2) is 44.5 Å². The van der Waals surface area contributed by atoms with Crippen LogP contribution in [-0.2, 0) is 11.3 Å². The molecule has 1 heterocycles. The van der Waals surface area contributed by atoms with Crippen LogP contribution in [0.25, 0.3) is 0 Å². The van der Waals surface area contributed by atoms with Gasteiger partial charge in [0, 0.05) is 13.1 Å². The first-order chi connectivity index (χ1) is 8.33. The van der Waals surface area contributed by atoms with Crippen LogP contribution in [0.2, 0.25) is 0 Å². The minimum absolute atomic E-state index is 0.106. The molecule has 1 saturated heterocycles. The Hall–Kier alpha value is -1.13. The van der Waals surface area contributed by atoms with E-state index in [0.717, 1.165) is 18.8 Å². The topological polar surface area (TPSA) is 21.7 Å². The monoisotopic (exact) mass is 239 g/mol. The molecule has 1 fully saturated rings. The summed E-state index contributed by atoms with van der Waals surface area (Å²) in [5.41, 5.74) is 1.17. The first-order valence-electron chi connectivity index (χ1n) is 5.84. The number of rotatable bonds is 4. The molecule has 0 aromatic heterocycles. The summed E-state index contributed by atoms with van der Waals surface area (Å²) in [5.74, 6) is 0.845. The maximum Gasteiger partial charge on any atom is 0.118 e. The number of ether oxygens (including phenoxy) is 2. The van der Waals surface area contributed by atoms with Crippen LogP contribution in [0.15, 0.2) is 24.3 Å². The zero-order valence-corrected chi connectivity index (χ0v) is 10.1. The number of morpholine rings is 1. The second-order valence-corrected chi connectivity index (χ2v) is 4.20. The van der Waals surface area contributed by atoms with E-state index in [9.17, 15) is 4.39 Å². The van der Waals surface area contributed by atoms with Crippen LogP contribution < -0.4 is 4.74 Å². The Bertz CT molecular complexity index is 342. The Labute approximate surface area is 101 Å². The van der Waals surface area contributed by atoms with Crippen molar-refractivity contribution in [3.8, 4) is 5.75 Å². The second-order valence-electron chi connectivity index (χ2n) is 4.20. The third-order valence-corrected chi connectivity index (χ3v) is 3.07. The summed E-state index contributed by atoms with van der Waals surface area (Å²) in [6.07, 6.45) is 0. The molecule has 1 atom stereocenters. The summed E-state index contributed by atoms with van der Waals surface area (Å²) in [6, 6.07) is 7.79. The number of methoxy groups -OCH3 is 1. The van der Waals surface area contributed by atoms with E-state index in [2.05, 4.69) is 4.90 Å². The minimum Gasteiger partial charge on any atom is -0.497 e. The molecule has 0 radical (unpaired) electrons. The first-order valence-corrected chi connectivity index (χ1v) is 5.84. The second kappa shape index (κ2) is 5.98. The fourth-order valence-corrected chi connectivity index (χ4v) is 2.00. The van der Waals surface area contributed by atoms with Gasteiger partial charge in [-0.15, -0.1) is 0 Å². The summed E-state index contributed by atoms with van der Waals surface area (Å²) in [4.78, 5) is 2.13. The fourth-order valence-electron chi connectivity index (χ4n) is 2.00. The molecule has 0 saturated carbocycles. The molecule has 2 rings (SSSR count). The molecule has 1 aromatic rings. The van der Waals surface area contributed by atoms with Crippen molar-refractivity contribution in [2.24, 2.45) is 0 Å². The van der Waals surface area contributed by atoms with Crippen LogP contribution in [0, 0.1) is 0 Å². The molecule has 1 aliphatic heterocycles. The van der Waals surface area contributed by atoms with E-state index in [-0.39, 0.29) is 12.7 Å². The van der Waals surface area contributed by atoms with Crippen molar-refractivity contribution < 1.29 is 13.9 Å². The zero-order valence-electron chi connectivity index (χ0n) is 10.1. The summed E-state index contributed by atoms with van der Waals surface area (Å²) in [6.45, 7) is 2.39. The molecule has 0 N–H and O–H groups in total. The average Bonchev–Trinajstić information content (AvgIpc) is 2.40. The molecule has 0 bridgehead atoms. The Balaban J connectivity index is 1.98. The summed E-state index contributed by atoms with van der Waals surface area (Å²) in [5, 5.41) is 0. The van der Waals surface area contributed by atoms with Gasteiger partial charge in [0.05, 0.1) is 26.4 Å². The van der Waals surface area contributed by atoms with Gasteiger partial charge >= 0.3 is 0 Å². The highest BCUT2D eigenvalue weighted by Crippen LogP contribution is 2.16. The Kier molecular flexibility index (Phi) is 4.34. The number of hydrogen-bond donors (Lipinski definition) is 0. The number of benzene rings is 1. The van der Waals surface area contributed by atoms with Gasteiger partial charge in [-0.05, 0) is 17.7 Å². The lowest BCUT2D eigenvalue weighted by Gasteiger charge is -2.33. The van der Waals surface area contributed by atoms with E-state index >= 15 is 0 Å². The van der Waals surface area contributed by atoms with Crippen LogP contribution in [0.5, 0.6) is 5.75 Å². The molecule has 4 heteroatoms. The summed E-state index contributed by atoms with van der Waals surface area (Å²) < 4.78 is 23.2. The zero-order chi connectivity index (χ0) is 12.1. The molecule has 1 aliphatic rings. The van der Waals surface area contributed by atoms with Crippen molar-refractivity contribution in [3.63, 3.8) is 0 Å². The van der Waals surface area contributed by atoms with Gasteiger partial charge in [0.2, 0.25) is 0 Å². The average molecular weight is 239 g/mol. The number of alkyl halides is 1. The quantitative estimate of drug-likeness (QED) is 0.800. The molecular formula is C13H18FNO2. The molecule has 0 spiro atoms. The van der Waals surface area contributed by atoms with Gasteiger partial charge < -0.3 is 9.47 Å². The van der Waals surface area contributed by atoms with Crippen LogP contribution in [0.1, 0.15) is 5.56 Å². The number of nitrogens with zero attached hydrogens (tertiary/aromatic N) is 1. The molecule has 17 heavy (non-hydrogen) atoms. The van der Waals surface area contributed by atoms with Gasteiger partial charge in [-0.2, -0.15) is 0 Å². The van der Waals surface area contributed by atoms with Gasteiger partial charge in [-0.25, -0.2) is 4.39 Å². The van der Waals surface area contributed by atoms with E-state index in [4.69, 9.17) is 9.47 Å². The summed E-state index contributed by atoms with van der Waals surface area (Å²) >= 11 is 0. The highest BCUT2D eigenvalue weighted by Gasteiger charge is 2.22. The third-order valence-electron chi connectivity index (χ3n) is 3.07. The van der Waals surface area contributed by atoms with Gasteiger partial charge in [0.1, 0.15) is 12.4 Å². The Morgan fingerprint density at radius 2 is 2.18 bits per heavy atom. The van der Waals surface area contributed by atoms with Crippen LogP contribution >= 0.6 is 0 Å². The molecule has 0 aliphatic carbocycles. The highest BCUT2D eigenvalue weighted by molar-refractivity contribution is 5.27. The number of halogens is 1. The fraction of sp³-hybridized carbons (Fsp3) is 0.538. The molecule has 94 valence electrons. The van der Waals surface area contributed by atoms with E-state index in [0.29, 0.717) is 13.2 Å². The van der Waals surface area contributed by atoms with Gasteiger partial charge in [-0.3, -0.25) is 4.90 Å².